The Hall–Kier alpha value is -2.62. The van der Waals surface area contributed by atoms with E-state index in [4.69, 9.17) is 9.72 Å². The van der Waals surface area contributed by atoms with Gasteiger partial charge in [-0.25, -0.2) is 4.98 Å². The molecule has 1 atom stereocenters. The molecule has 4 heteroatoms. The van der Waals surface area contributed by atoms with Gasteiger partial charge in [-0.3, -0.25) is 9.36 Å². The Morgan fingerprint density at radius 2 is 1.83 bits per heavy atom. The van der Waals surface area contributed by atoms with Crippen molar-refractivity contribution in [1.82, 2.24) is 9.55 Å². The normalized spacial score (nSPS) is 12.3. The molecular formula is C20H22N2O2. The van der Waals surface area contributed by atoms with Crippen molar-refractivity contribution >= 4 is 17.0 Å². The maximum Gasteiger partial charge on any atom is 0.313 e. The Morgan fingerprint density at radius 1 is 1.12 bits per heavy atom. The van der Waals surface area contributed by atoms with Gasteiger partial charge in [-0.05, 0) is 43.7 Å². The molecule has 0 aliphatic carbocycles. The molecule has 0 fully saturated rings. The topological polar surface area (TPSA) is 44.1 Å². The molecule has 0 aliphatic rings. The first kappa shape index (κ1) is 16.2. The zero-order chi connectivity index (χ0) is 17.1. The molecule has 3 aromatic rings. The third kappa shape index (κ3) is 2.92. The van der Waals surface area contributed by atoms with Gasteiger partial charge in [0.25, 0.3) is 0 Å². The van der Waals surface area contributed by atoms with Gasteiger partial charge in [0.05, 0.1) is 23.6 Å². The lowest BCUT2D eigenvalue weighted by Crippen LogP contribution is -2.13. The van der Waals surface area contributed by atoms with E-state index in [2.05, 4.69) is 17.6 Å². The average molecular weight is 322 g/mol. The van der Waals surface area contributed by atoms with Crippen LogP contribution in [0, 0.1) is 0 Å². The molecule has 0 spiro atoms. The Labute approximate surface area is 142 Å². The second kappa shape index (κ2) is 6.87. The Morgan fingerprint density at radius 3 is 2.50 bits per heavy atom. The van der Waals surface area contributed by atoms with Crippen molar-refractivity contribution in [2.45, 2.75) is 33.1 Å². The van der Waals surface area contributed by atoms with Crippen LogP contribution in [-0.4, -0.2) is 22.1 Å². The first-order valence-electron chi connectivity index (χ1n) is 8.39. The summed E-state index contributed by atoms with van der Waals surface area (Å²) in [6.07, 6.45) is 0.857. The molecule has 4 nitrogen and oxygen atoms in total. The molecule has 2 aromatic carbocycles. The van der Waals surface area contributed by atoms with Crippen LogP contribution in [0.1, 0.15) is 38.1 Å². The molecule has 0 saturated carbocycles. The summed E-state index contributed by atoms with van der Waals surface area (Å²) in [5, 5.41) is 0. The smallest absolute Gasteiger partial charge is 0.313 e. The minimum atomic E-state index is -0.260. The van der Waals surface area contributed by atoms with Gasteiger partial charge in [0, 0.05) is 12.1 Å². The number of rotatable bonds is 5. The number of benzene rings is 2. The highest BCUT2D eigenvalue weighted by Crippen LogP contribution is 2.24. The predicted octanol–water partition coefficient (Wildman–Crippen LogP) is 4.25. The van der Waals surface area contributed by atoms with Gasteiger partial charge >= 0.3 is 5.97 Å². The van der Waals surface area contributed by atoms with Gasteiger partial charge in [-0.15, -0.1) is 0 Å². The number of carbonyl (C=O) groups is 1. The molecule has 0 N–H and O–H groups in total. The summed E-state index contributed by atoms with van der Waals surface area (Å²) in [6, 6.07) is 16.2. The summed E-state index contributed by atoms with van der Waals surface area (Å²) in [5.74, 6) is 0.583. The van der Waals surface area contributed by atoms with Crippen LogP contribution in [0.3, 0.4) is 0 Å². The van der Waals surface area contributed by atoms with E-state index in [-0.39, 0.29) is 11.9 Å². The summed E-state index contributed by atoms with van der Waals surface area (Å²) in [7, 11) is 0. The third-order valence-electron chi connectivity index (χ3n) is 4.24. The van der Waals surface area contributed by atoms with Gasteiger partial charge < -0.3 is 4.74 Å². The Kier molecular flexibility index (Phi) is 4.65. The van der Waals surface area contributed by atoms with Crippen molar-refractivity contribution in [1.29, 1.82) is 0 Å². The van der Waals surface area contributed by atoms with Gasteiger partial charge in [-0.1, -0.05) is 31.2 Å². The lowest BCUT2D eigenvalue weighted by Gasteiger charge is -2.13. The van der Waals surface area contributed by atoms with E-state index in [1.807, 2.05) is 56.3 Å². The number of ether oxygens (including phenoxy) is 1. The minimum Gasteiger partial charge on any atom is -0.466 e. The van der Waals surface area contributed by atoms with Crippen LogP contribution in [0.4, 0.5) is 0 Å². The Bertz CT molecular complexity index is 850. The quantitative estimate of drug-likeness (QED) is 0.659. The summed E-state index contributed by atoms with van der Waals surface area (Å²) < 4.78 is 7.28. The Balaban J connectivity index is 1.98. The van der Waals surface area contributed by atoms with Gasteiger partial charge in [0.1, 0.15) is 5.82 Å². The second-order valence-corrected chi connectivity index (χ2v) is 5.77. The zero-order valence-corrected chi connectivity index (χ0v) is 14.3. The standard InChI is InChI=1S/C20H22N2O2/c1-4-19-21-17-8-6-7-9-18(17)22(19)16-12-10-15(11-13-16)14(3)20(23)24-5-2/h6-14H,4-5H2,1-3H3. The zero-order valence-electron chi connectivity index (χ0n) is 14.3. The maximum atomic E-state index is 11.9. The fraction of sp³-hybridized carbons (Fsp3) is 0.300. The summed E-state index contributed by atoms with van der Waals surface area (Å²) in [5.41, 5.74) is 4.11. The van der Waals surface area contributed by atoms with E-state index < -0.39 is 0 Å². The number of hydrogen-bond acceptors (Lipinski definition) is 3. The number of hydrogen-bond donors (Lipinski definition) is 0. The molecular weight excluding hydrogens is 300 g/mol. The van der Waals surface area contributed by atoms with Gasteiger partial charge in [-0.2, -0.15) is 0 Å². The highest BCUT2D eigenvalue weighted by atomic mass is 16.5. The fourth-order valence-corrected chi connectivity index (χ4v) is 2.92. The van der Waals surface area contributed by atoms with Crippen molar-refractivity contribution in [3.05, 3.63) is 59.9 Å². The van der Waals surface area contributed by atoms with Gasteiger partial charge in [0.2, 0.25) is 0 Å². The second-order valence-electron chi connectivity index (χ2n) is 5.77. The van der Waals surface area contributed by atoms with Gasteiger partial charge in [0.15, 0.2) is 0 Å². The molecule has 24 heavy (non-hydrogen) atoms. The van der Waals surface area contributed by atoms with Crippen LogP contribution >= 0.6 is 0 Å². The number of carbonyl (C=O) groups excluding carboxylic acids is 1. The molecule has 0 bridgehead atoms. The summed E-state index contributed by atoms with van der Waals surface area (Å²) >= 11 is 0. The highest BCUT2D eigenvalue weighted by molar-refractivity contribution is 5.79. The summed E-state index contributed by atoms with van der Waals surface area (Å²) in [6.45, 7) is 6.21. The van der Waals surface area contributed by atoms with E-state index in [0.29, 0.717) is 6.61 Å². The van der Waals surface area contributed by atoms with E-state index in [1.165, 1.54) is 0 Å². The number of para-hydroxylation sites is 2. The first-order valence-corrected chi connectivity index (χ1v) is 8.39. The molecule has 0 aliphatic heterocycles. The molecule has 0 saturated heterocycles. The number of aromatic nitrogens is 2. The predicted molar refractivity (Wildman–Crippen MR) is 95.5 cm³/mol. The minimum absolute atomic E-state index is 0.187. The van der Waals surface area contributed by atoms with Crippen molar-refractivity contribution in [3.8, 4) is 5.69 Å². The number of aryl methyl sites for hydroxylation is 1. The number of imidazole rings is 1. The van der Waals surface area contributed by atoms with Crippen LogP contribution in [0.5, 0.6) is 0 Å². The molecule has 124 valence electrons. The third-order valence-corrected chi connectivity index (χ3v) is 4.24. The largest absolute Gasteiger partial charge is 0.466 e. The highest BCUT2D eigenvalue weighted by Gasteiger charge is 2.17. The van der Waals surface area contributed by atoms with Crippen LogP contribution in [-0.2, 0) is 16.0 Å². The van der Waals surface area contributed by atoms with Crippen molar-refractivity contribution in [2.24, 2.45) is 0 Å². The van der Waals surface area contributed by atoms with E-state index in [1.54, 1.807) is 0 Å². The van der Waals surface area contributed by atoms with Crippen molar-refractivity contribution in [2.75, 3.05) is 6.61 Å². The maximum absolute atomic E-state index is 11.9. The van der Waals surface area contributed by atoms with Crippen LogP contribution in [0.2, 0.25) is 0 Å². The molecule has 1 aromatic heterocycles. The molecule has 0 amide bonds. The van der Waals surface area contributed by atoms with E-state index in [9.17, 15) is 4.79 Å². The van der Waals surface area contributed by atoms with Crippen LogP contribution in [0.15, 0.2) is 48.5 Å². The number of nitrogens with zero attached hydrogens (tertiary/aromatic N) is 2. The molecule has 3 rings (SSSR count). The number of fused-ring (bicyclic) bond motifs is 1. The first-order chi connectivity index (χ1) is 11.7. The SMILES string of the molecule is CCOC(=O)C(C)c1ccc(-n2c(CC)nc3ccccc32)cc1. The molecule has 1 heterocycles. The monoisotopic (exact) mass is 322 g/mol. The summed E-state index contributed by atoms with van der Waals surface area (Å²) in [4.78, 5) is 16.6. The average Bonchev–Trinajstić information content (AvgIpc) is 3.00. The molecule has 1 unspecified atom stereocenters. The number of esters is 1. The lowest BCUT2D eigenvalue weighted by atomic mass is 10.0. The lowest BCUT2D eigenvalue weighted by molar-refractivity contribution is -0.144. The van der Waals surface area contributed by atoms with E-state index >= 15 is 0 Å². The van der Waals surface area contributed by atoms with Crippen molar-refractivity contribution < 1.29 is 9.53 Å². The van der Waals surface area contributed by atoms with Crippen molar-refractivity contribution in [3.63, 3.8) is 0 Å². The molecule has 0 radical (unpaired) electrons. The van der Waals surface area contributed by atoms with E-state index in [0.717, 1.165) is 34.5 Å². The fourth-order valence-electron chi connectivity index (χ4n) is 2.92. The van der Waals surface area contributed by atoms with Crippen LogP contribution in [0.25, 0.3) is 16.7 Å². The van der Waals surface area contributed by atoms with Crippen LogP contribution < -0.4 is 0 Å².